The molecule has 1 amide bonds. The van der Waals surface area contributed by atoms with Crippen molar-refractivity contribution < 1.29 is 65.0 Å². The number of esters is 2. The summed E-state index contributed by atoms with van der Waals surface area (Å²) in [7, 11) is 0. The Labute approximate surface area is 279 Å². The molecule has 3 aliphatic carbocycles. The van der Waals surface area contributed by atoms with Crippen LogP contribution < -0.4 is 5.32 Å². The number of aliphatic hydroxyl groups excluding tert-OH is 3. The average molecular weight is 688 g/mol. The largest absolute Gasteiger partial charge is 0.459 e. The van der Waals surface area contributed by atoms with Crippen LogP contribution >= 0.6 is 11.8 Å². The SMILES string of the molecule is [3H]CSCOC(=O)N[C@@H](C=C(C)C)[C@@H](O)C(=O)O[C@H]1C[C@@]2(O)[C@@H](OC(C)=O)[C@@H]3[C@]4(O)CO[C@@H]4C[C@H](O)[C@@]3(C)C(=O)[C@H](O)C(=C1C)C2(C)C. The number of carbonyl (C=O) groups excluding carboxylic acids is 4. The van der Waals surface area contributed by atoms with Crippen molar-refractivity contribution in [3.8, 4) is 0 Å². The van der Waals surface area contributed by atoms with E-state index < -0.39 is 101 Å². The van der Waals surface area contributed by atoms with Crippen LogP contribution in [0.25, 0.3) is 0 Å². The Morgan fingerprint density at radius 2 is 1.83 bits per heavy atom. The Bertz CT molecular complexity index is 1380. The molecule has 3 fully saturated rings. The molecule has 15 heteroatoms. The van der Waals surface area contributed by atoms with Gasteiger partial charge in [0.15, 0.2) is 11.9 Å². The Morgan fingerprint density at radius 1 is 1.17 bits per heavy atom. The van der Waals surface area contributed by atoms with E-state index in [0.29, 0.717) is 5.57 Å². The molecule has 2 saturated carbocycles. The summed E-state index contributed by atoms with van der Waals surface area (Å²) in [6.07, 6.45) is -9.64. The second kappa shape index (κ2) is 13.1. The van der Waals surface area contributed by atoms with Gasteiger partial charge in [-0.05, 0) is 45.1 Å². The number of carbonyl (C=O) groups is 4. The van der Waals surface area contributed by atoms with Crippen LogP contribution in [-0.4, -0.2) is 122 Å². The van der Waals surface area contributed by atoms with Crippen LogP contribution in [0.3, 0.4) is 0 Å². The molecule has 47 heavy (non-hydrogen) atoms. The number of aliphatic hydroxyl groups is 5. The molecule has 1 saturated heterocycles. The third kappa shape index (κ3) is 6.02. The Hall–Kier alpha value is -2.53. The van der Waals surface area contributed by atoms with Gasteiger partial charge in [-0.15, -0.1) is 11.8 Å². The van der Waals surface area contributed by atoms with Crippen LogP contribution in [0.2, 0.25) is 0 Å². The zero-order valence-electron chi connectivity index (χ0n) is 28.6. The number of allylic oxidation sites excluding steroid dienone is 1. The van der Waals surface area contributed by atoms with Crippen molar-refractivity contribution in [1.82, 2.24) is 5.32 Å². The third-order valence-corrected chi connectivity index (χ3v) is 10.9. The van der Waals surface area contributed by atoms with Crippen molar-refractivity contribution in [2.75, 3.05) is 18.8 Å². The molecule has 0 unspecified atom stereocenters. The zero-order valence-corrected chi connectivity index (χ0v) is 28.5. The van der Waals surface area contributed by atoms with Crippen molar-refractivity contribution in [2.45, 2.75) is 115 Å². The van der Waals surface area contributed by atoms with Crippen LogP contribution in [0.1, 0.15) is 62.7 Å². The molecule has 1 heterocycles. The minimum absolute atomic E-state index is 0.0361. The predicted molar refractivity (Wildman–Crippen MR) is 167 cm³/mol. The highest BCUT2D eigenvalue weighted by Gasteiger charge is 2.76. The Balaban J connectivity index is 1.79. The summed E-state index contributed by atoms with van der Waals surface area (Å²) in [6, 6.07) is -1.31. The number of Topliss-reactive ketones (excluding diaryl/α,β-unsaturated/α-hetero) is 1. The normalized spacial score (nSPS) is 38.9. The molecule has 0 spiro atoms. The van der Waals surface area contributed by atoms with Gasteiger partial charge in [-0.3, -0.25) is 9.59 Å². The maximum Gasteiger partial charge on any atom is 0.408 e. The van der Waals surface area contributed by atoms with Gasteiger partial charge in [-0.1, -0.05) is 25.5 Å². The van der Waals surface area contributed by atoms with Crippen LogP contribution in [0.4, 0.5) is 4.79 Å². The molecule has 1 aliphatic heterocycles. The number of rotatable bonds is 8. The van der Waals surface area contributed by atoms with Gasteiger partial charge in [0.2, 0.25) is 0 Å². The summed E-state index contributed by atoms with van der Waals surface area (Å²) >= 11 is 1.01. The van der Waals surface area contributed by atoms with Crippen LogP contribution in [0.5, 0.6) is 0 Å². The van der Waals surface area contributed by atoms with Gasteiger partial charge < -0.3 is 49.8 Å². The highest BCUT2D eigenvalue weighted by Crippen LogP contribution is 2.63. The number of amides is 1. The minimum Gasteiger partial charge on any atom is -0.459 e. The van der Waals surface area contributed by atoms with Crippen LogP contribution in [0, 0.1) is 16.7 Å². The van der Waals surface area contributed by atoms with Gasteiger partial charge in [0.25, 0.3) is 0 Å². The number of nitrogens with one attached hydrogen (secondary N) is 1. The molecule has 0 aromatic heterocycles. The number of fused-ring (bicyclic) bond motifs is 5. The van der Waals surface area contributed by atoms with Gasteiger partial charge in [0.1, 0.15) is 35.5 Å². The fraction of sp³-hybridized carbons (Fsp3) is 0.750. The first kappa shape index (κ1) is 35.8. The first-order chi connectivity index (χ1) is 22.2. The van der Waals surface area contributed by atoms with E-state index in [9.17, 15) is 44.7 Å². The van der Waals surface area contributed by atoms with Crippen LogP contribution in [-0.2, 0) is 33.3 Å². The first-order valence-electron chi connectivity index (χ1n) is 16.1. The van der Waals surface area contributed by atoms with Crippen molar-refractivity contribution in [2.24, 2.45) is 16.7 Å². The number of thioether (sulfide) groups is 1. The smallest absolute Gasteiger partial charge is 0.408 e. The number of alkyl carbamates (subject to hydrolysis) is 1. The zero-order chi connectivity index (χ0) is 36.1. The van der Waals surface area contributed by atoms with Crippen molar-refractivity contribution in [3.63, 3.8) is 0 Å². The molecule has 0 aromatic rings. The van der Waals surface area contributed by atoms with Gasteiger partial charge in [0, 0.05) is 32.5 Å². The van der Waals surface area contributed by atoms with E-state index >= 15 is 0 Å². The summed E-state index contributed by atoms with van der Waals surface area (Å²) in [6.45, 7) is 10.1. The van der Waals surface area contributed by atoms with E-state index in [-0.39, 0.29) is 36.3 Å². The topological polar surface area (TPSA) is 218 Å². The van der Waals surface area contributed by atoms with Crippen LogP contribution in [0.15, 0.2) is 22.8 Å². The summed E-state index contributed by atoms with van der Waals surface area (Å²) in [5.41, 5.74) is -6.76. The van der Waals surface area contributed by atoms with Gasteiger partial charge in [-0.25, -0.2) is 9.59 Å². The fourth-order valence-corrected chi connectivity index (χ4v) is 8.19. The fourth-order valence-electron chi connectivity index (χ4n) is 8.00. The lowest BCUT2D eigenvalue weighted by molar-refractivity contribution is -0.345. The minimum atomic E-state index is -2.24. The van der Waals surface area contributed by atoms with Gasteiger partial charge in [0.05, 0.1) is 30.3 Å². The molecule has 4 rings (SSSR count). The third-order valence-electron chi connectivity index (χ3n) is 10.6. The summed E-state index contributed by atoms with van der Waals surface area (Å²) in [5, 5.41) is 61.3. The van der Waals surface area contributed by atoms with E-state index in [2.05, 4.69) is 5.32 Å². The van der Waals surface area contributed by atoms with E-state index in [1.54, 1.807) is 13.8 Å². The monoisotopic (exact) mass is 687 g/mol. The molecule has 4 aliphatic rings. The lowest BCUT2D eigenvalue weighted by Gasteiger charge is -2.66. The quantitative estimate of drug-likeness (QED) is 0.0674. The van der Waals surface area contributed by atoms with Gasteiger partial charge >= 0.3 is 18.0 Å². The molecule has 14 nitrogen and oxygen atoms in total. The molecule has 6 N–H and O–H groups in total. The lowest BCUT2D eigenvalue weighted by Crippen LogP contribution is -2.81. The van der Waals surface area contributed by atoms with E-state index in [1.807, 2.05) is 0 Å². The maximum absolute atomic E-state index is 14.3. The van der Waals surface area contributed by atoms with Crippen molar-refractivity contribution in [1.29, 1.82) is 0 Å². The standard InChI is InChI=1S/C32H47NO13S/c1-14(2)9-17(33-28(40)44-13-47-8)22(36)27(39)46-18-11-32(42)26(45-16(4)34)24-30(7,19(35)10-20-31(24,41)12-43-20)25(38)23(37)21(15(18)3)29(32,5)6/h9,17-20,22-24,26,35-37,41-42H,10-13H2,1-8H3,(H,33,40)/t17-,18-,19-,20+,22+,23+,24-,26-,30+,31-,32+/m0/s1/i8T. The van der Waals surface area contributed by atoms with Crippen molar-refractivity contribution in [3.05, 3.63) is 22.8 Å². The number of ketones is 1. The van der Waals surface area contributed by atoms with Gasteiger partial charge in [-0.2, -0.15) is 0 Å². The average Bonchev–Trinajstić information content (AvgIpc) is 2.98. The number of ether oxygens (including phenoxy) is 4. The summed E-state index contributed by atoms with van der Waals surface area (Å²) in [4.78, 5) is 52.9. The molecule has 0 aromatic carbocycles. The highest BCUT2D eigenvalue weighted by atomic mass is 32.2. The Morgan fingerprint density at radius 3 is 2.38 bits per heavy atom. The van der Waals surface area contributed by atoms with E-state index in [4.69, 9.17) is 20.3 Å². The second-order valence-electron chi connectivity index (χ2n) is 14.0. The summed E-state index contributed by atoms with van der Waals surface area (Å²) in [5.74, 6) is -4.57. The molecule has 2 bridgehead atoms. The molecular weight excluding hydrogens is 638 g/mol. The Kier molecular flexibility index (Phi) is 9.94. The van der Waals surface area contributed by atoms with Crippen molar-refractivity contribution >= 4 is 35.6 Å². The molecular formula is C32H47NO13S. The van der Waals surface area contributed by atoms with E-state index in [0.717, 1.165) is 18.7 Å². The van der Waals surface area contributed by atoms with E-state index in [1.165, 1.54) is 33.8 Å². The maximum atomic E-state index is 14.3. The second-order valence-corrected chi connectivity index (χ2v) is 14.6. The number of hydrogen-bond donors (Lipinski definition) is 6. The molecule has 0 radical (unpaired) electrons. The summed E-state index contributed by atoms with van der Waals surface area (Å²) < 4.78 is 29.2. The molecule has 11 atom stereocenters. The highest BCUT2D eigenvalue weighted by molar-refractivity contribution is 7.98. The molecule has 264 valence electrons. The lowest BCUT2D eigenvalue weighted by atomic mass is 9.45. The predicted octanol–water partition coefficient (Wildman–Crippen LogP) is 0.510. The number of hydrogen-bond acceptors (Lipinski definition) is 14. The first-order valence-corrected chi connectivity index (χ1v) is 16.5.